The van der Waals surface area contributed by atoms with E-state index in [0.29, 0.717) is 30.0 Å². The first-order chi connectivity index (χ1) is 10.5. The Balaban J connectivity index is 2.10. The molecule has 0 aromatic heterocycles. The van der Waals surface area contributed by atoms with Crippen molar-refractivity contribution in [3.8, 4) is 0 Å². The van der Waals surface area contributed by atoms with Crippen LogP contribution in [0.15, 0.2) is 29.2 Å². The number of carbonyl (C=O) groups excluding carboxylic acids is 2. The minimum Gasteiger partial charge on any atom is -0.478 e. The van der Waals surface area contributed by atoms with Gasteiger partial charge in [0.15, 0.2) is 0 Å². The lowest BCUT2D eigenvalue weighted by atomic mass is 10.1. The van der Waals surface area contributed by atoms with Crippen LogP contribution in [0.25, 0.3) is 6.08 Å². The SMILES string of the molecule is COCCCN1C(=O)S/C(=C/c2ccc(C(=O)O)cc2)C1=O. The van der Waals surface area contributed by atoms with Crippen molar-refractivity contribution in [1.29, 1.82) is 0 Å². The molecule has 2 amide bonds. The van der Waals surface area contributed by atoms with Gasteiger partial charge in [0, 0.05) is 20.3 Å². The van der Waals surface area contributed by atoms with Gasteiger partial charge in [-0.1, -0.05) is 12.1 Å². The van der Waals surface area contributed by atoms with Crippen molar-refractivity contribution >= 4 is 35.0 Å². The number of carboxylic acid groups (broad SMARTS) is 1. The molecule has 7 heteroatoms. The number of ether oxygens (including phenoxy) is 1. The summed E-state index contributed by atoms with van der Waals surface area (Å²) in [6.07, 6.45) is 2.18. The molecular formula is C15H15NO5S. The van der Waals surface area contributed by atoms with Crippen molar-refractivity contribution in [2.24, 2.45) is 0 Å². The van der Waals surface area contributed by atoms with E-state index in [-0.39, 0.29) is 16.7 Å². The van der Waals surface area contributed by atoms with Crippen molar-refractivity contribution < 1.29 is 24.2 Å². The Labute approximate surface area is 131 Å². The van der Waals surface area contributed by atoms with Crippen LogP contribution in [-0.2, 0) is 9.53 Å². The summed E-state index contributed by atoms with van der Waals surface area (Å²) < 4.78 is 4.91. The predicted molar refractivity (Wildman–Crippen MR) is 82.6 cm³/mol. The molecule has 1 aromatic rings. The summed E-state index contributed by atoms with van der Waals surface area (Å²) in [6.45, 7) is 0.811. The van der Waals surface area contributed by atoms with Crippen LogP contribution in [0.2, 0.25) is 0 Å². The Hall–Kier alpha value is -2.12. The number of hydrogen-bond acceptors (Lipinski definition) is 5. The van der Waals surface area contributed by atoms with E-state index in [4.69, 9.17) is 9.84 Å². The minimum absolute atomic E-state index is 0.171. The number of hydrogen-bond donors (Lipinski definition) is 1. The van der Waals surface area contributed by atoms with Crippen LogP contribution in [0, 0.1) is 0 Å². The molecule has 0 unspecified atom stereocenters. The van der Waals surface area contributed by atoms with Crippen molar-refractivity contribution in [3.05, 3.63) is 40.3 Å². The quantitative estimate of drug-likeness (QED) is 0.640. The second-order valence-electron chi connectivity index (χ2n) is 4.61. The van der Waals surface area contributed by atoms with Crippen molar-refractivity contribution in [2.45, 2.75) is 6.42 Å². The Bertz CT molecular complexity index is 623. The van der Waals surface area contributed by atoms with Crippen LogP contribution in [-0.4, -0.2) is 47.4 Å². The van der Waals surface area contributed by atoms with Gasteiger partial charge in [0.2, 0.25) is 0 Å². The molecule has 2 rings (SSSR count). The first-order valence-corrected chi connectivity index (χ1v) is 7.42. The van der Waals surface area contributed by atoms with E-state index in [0.717, 1.165) is 11.8 Å². The van der Waals surface area contributed by atoms with E-state index in [1.807, 2.05) is 0 Å². The average molecular weight is 321 g/mol. The van der Waals surface area contributed by atoms with Crippen molar-refractivity contribution in [2.75, 3.05) is 20.3 Å². The third-order valence-corrected chi connectivity index (χ3v) is 3.97. The van der Waals surface area contributed by atoms with E-state index in [1.165, 1.54) is 17.0 Å². The van der Waals surface area contributed by atoms with Gasteiger partial charge in [0.25, 0.3) is 11.1 Å². The van der Waals surface area contributed by atoms with E-state index < -0.39 is 5.97 Å². The molecule has 1 saturated heterocycles. The molecule has 6 nitrogen and oxygen atoms in total. The molecule has 0 spiro atoms. The Kier molecular flexibility index (Phi) is 5.35. The second kappa shape index (κ2) is 7.24. The van der Waals surface area contributed by atoms with Crippen LogP contribution < -0.4 is 0 Å². The number of methoxy groups -OCH3 is 1. The molecule has 1 fully saturated rings. The minimum atomic E-state index is -1.01. The van der Waals surface area contributed by atoms with Crippen molar-refractivity contribution in [1.82, 2.24) is 4.90 Å². The van der Waals surface area contributed by atoms with Crippen LogP contribution in [0.5, 0.6) is 0 Å². The molecule has 22 heavy (non-hydrogen) atoms. The highest BCUT2D eigenvalue weighted by molar-refractivity contribution is 8.18. The molecule has 0 radical (unpaired) electrons. The zero-order valence-corrected chi connectivity index (χ0v) is 12.8. The monoisotopic (exact) mass is 321 g/mol. The molecule has 116 valence electrons. The maximum absolute atomic E-state index is 12.2. The summed E-state index contributed by atoms with van der Waals surface area (Å²) in [7, 11) is 1.56. The maximum atomic E-state index is 12.2. The third kappa shape index (κ3) is 3.75. The normalized spacial score (nSPS) is 16.6. The highest BCUT2D eigenvalue weighted by atomic mass is 32.2. The lowest BCUT2D eigenvalue weighted by Crippen LogP contribution is -2.29. The molecule has 0 atom stereocenters. The van der Waals surface area contributed by atoms with E-state index in [1.54, 1.807) is 25.3 Å². The van der Waals surface area contributed by atoms with Gasteiger partial charge in [-0.2, -0.15) is 0 Å². The summed E-state index contributed by atoms with van der Waals surface area (Å²) in [5.41, 5.74) is 0.845. The lowest BCUT2D eigenvalue weighted by molar-refractivity contribution is -0.122. The van der Waals surface area contributed by atoms with Gasteiger partial charge in [-0.3, -0.25) is 14.5 Å². The highest BCUT2D eigenvalue weighted by Crippen LogP contribution is 2.32. The summed E-state index contributed by atoms with van der Waals surface area (Å²) in [6, 6.07) is 6.11. The lowest BCUT2D eigenvalue weighted by Gasteiger charge is -2.11. The second-order valence-corrected chi connectivity index (χ2v) is 5.60. The van der Waals surface area contributed by atoms with Gasteiger partial charge in [-0.25, -0.2) is 4.79 Å². The highest BCUT2D eigenvalue weighted by Gasteiger charge is 2.34. The van der Waals surface area contributed by atoms with Crippen LogP contribution in [0.3, 0.4) is 0 Å². The van der Waals surface area contributed by atoms with Gasteiger partial charge in [0.05, 0.1) is 10.5 Å². The number of thioether (sulfide) groups is 1. The number of imide groups is 1. The number of nitrogens with zero attached hydrogens (tertiary/aromatic N) is 1. The van der Waals surface area contributed by atoms with Gasteiger partial charge in [-0.15, -0.1) is 0 Å². The van der Waals surface area contributed by atoms with Gasteiger partial charge >= 0.3 is 5.97 Å². The first kappa shape index (κ1) is 16.3. The maximum Gasteiger partial charge on any atom is 0.335 e. The molecule has 0 aliphatic carbocycles. The third-order valence-electron chi connectivity index (χ3n) is 3.06. The van der Waals surface area contributed by atoms with Crippen LogP contribution >= 0.6 is 11.8 Å². The molecular weight excluding hydrogens is 306 g/mol. The smallest absolute Gasteiger partial charge is 0.335 e. The topological polar surface area (TPSA) is 83.9 Å². The fraction of sp³-hybridized carbons (Fsp3) is 0.267. The Morgan fingerprint density at radius 2 is 2.00 bits per heavy atom. The molecule has 1 aliphatic rings. The van der Waals surface area contributed by atoms with E-state index in [2.05, 4.69) is 0 Å². The molecule has 1 aliphatic heterocycles. The molecule has 0 saturated carbocycles. The predicted octanol–water partition coefficient (Wildman–Crippen LogP) is 2.46. The molecule has 0 bridgehead atoms. The van der Waals surface area contributed by atoms with Crippen LogP contribution in [0.4, 0.5) is 4.79 Å². The van der Waals surface area contributed by atoms with Gasteiger partial charge in [-0.05, 0) is 42.0 Å². The molecule has 1 N–H and O–H groups in total. The molecule has 1 aromatic carbocycles. The number of rotatable bonds is 6. The zero-order valence-electron chi connectivity index (χ0n) is 11.9. The summed E-state index contributed by atoms with van der Waals surface area (Å²) in [5, 5.41) is 8.54. The Morgan fingerprint density at radius 1 is 1.32 bits per heavy atom. The van der Waals surface area contributed by atoms with E-state index >= 15 is 0 Å². The summed E-state index contributed by atoms with van der Waals surface area (Å²) >= 11 is 0.887. The molecule has 1 heterocycles. The number of benzene rings is 1. The van der Waals surface area contributed by atoms with Crippen LogP contribution in [0.1, 0.15) is 22.3 Å². The number of carboxylic acids is 1. The van der Waals surface area contributed by atoms with E-state index in [9.17, 15) is 14.4 Å². The standard InChI is InChI=1S/C15H15NO5S/c1-21-8-2-7-16-13(17)12(22-15(16)20)9-10-3-5-11(6-4-10)14(18)19/h3-6,9H,2,7-8H2,1H3,(H,18,19)/b12-9+. The first-order valence-electron chi connectivity index (χ1n) is 6.60. The van der Waals surface area contributed by atoms with Gasteiger partial charge in [0.1, 0.15) is 0 Å². The number of amides is 2. The fourth-order valence-corrected chi connectivity index (χ4v) is 2.80. The van der Waals surface area contributed by atoms with Crippen molar-refractivity contribution in [3.63, 3.8) is 0 Å². The number of carbonyl (C=O) groups is 3. The largest absolute Gasteiger partial charge is 0.478 e. The fourth-order valence-electron chi connectivity index (χ4n) is 1.93. The number of aromatic carboxylic acids is 1. The Morgan fingerprint density at radius 3 is 2.59 bits per heavy atom. The van der Waals surface area contributed by atoms with Gasteiger partial charge < -0.3 is 9.84 Å². The zero-order chi connectivity index (χ0) is 16.1. The average Bonchev–Trinajstić information content (AvgIpc) is 2.75. The summed E-state index contributed by atoms with van der Waals surface area (Å²) in [4.78, 5) is 36.3. The summed E-state index contributed by atoms with van der Waals surface area (Å²) in [5.74, 6) is -1.33.